The molecule has 1 heterocycles. The van der Waals surface area contributed by atoms with Crippen molar-refractivity contribution in [3.63, 3.8) is 0 Å². The minimum Gasteiger partial charge on any atom is -0.409 e. The normalized spacial score (nSPS) is 21.7. The third-order valence-electron chi connectivity index (χ3n) is 3.40. The number of amidine groups is 1. The quantitative estimate of drug-likeness (QED) is 0.328. The van der Waals surface area contributed by atoms with Crippen LogP contribution in [0.3, 0.4) is 0 Å². The molecule has 1 atom stereocenters. The first-order valence-electron chi connectivity index (χ1n) is 6.54. The number of carbonyl (C=O) groups is 1. The molecule has 2 rings (SSSR count). The minimum absolute atomic E-state index is 0.0508. The van der Waals surface area contributed by atoms with Gasteiger partial charge in [-0.3, -0.25) is 4.79 Å². The van der Waals surface area contributed by atoms with Gasteiger partial charge in [-0.05, 0) is 25.0 Å². The molecule has 1 aliphatic rings. The maximum atomic E-state index is 12.1. The van der Waals surface area contributed by atoms with Gasteiger partial charge in [0.15, 0.2) is 15.7 Å². The molecule has 1 aromatic carbocycles. The van der Waals surface area contributed by atoms with Crippen molar-refractivity contribution >= 4 is 27.3 Å². The van der Waals surface area contributed by atoms with Crippen LogP contribution in [0.2, 0.25) is 0 Å². The van der Waals surface area contributed by atoms with Gasteiger partial charge in [-0.15, -0.1) is 0 Å². The second kappa shape index (κ2) is 6.13. The lowest BCUT2D eigenvalue weighted by molar-refractivity contribution is -0.116. The molecule has 1 aromatic rings. The monoisotopic (exact) mass is 311 g/mol. The second-order valence-corrected chi connectivity index (χ2v) is 7.21. The van der Waals surface area contributed by atoms with Crippen LogP contribution in [0.5, 0.6) is 0 Å². The number of nitrogens with two attached hydrogens (primary N) is 1. The first-order chi connectivity index (χ1) is 9.94. The Labute approximate surface area is 122 Å². The van der Waals surface area contributed by atoms with Gasteiger partial charge in [0, 0.05) is 11.3 Å². The number of hydrogen-bond acceptors (Lipinski definition) is 5. The largest absolute Gasteiger partial charge is 0.409 e. The summed E-state index contributed by atoms with van der Waals surface area (Å²) in [6, 6.07) is 6.37. The smallest absolute Gasteiger partial charge is 0.242 e. The van der Waals surface area contributed by atoms with Gasteiger partial charge in [0.25, 0.3) is 0 Å². The standard InChI is InChI=1S/C13H17N3O4S/c14-12(16-18)9-4-3-5-10(8-9)15-13(17)11-6-1-2-7-21(11,19)20/h3-5,8,11,18H,1-2,6-7H2,(H2,14,16)(H,15,17). The van der Waals surface area contributed by atoms with Crippen LogP contribution in [0.25, 0.3) is 0 Å². The van der Waals surface area contributed by atoms with Crippen molar-refractivity contribution < 1.29 is 18.4 Å². The number of hydrogen-bond donors (Lipinski definition) is 3. The number of carbonyl (C=O) groups excluding carboxylic acids is 1. The van der Waals surface area contributed by atoms with Crippen LogP contribution in [-0.4, -0.2) is 36.4 Å². The van der Waals surface area contributed by atoms with Crippen molar-refractivity contribution in [1.82, 2.24) is 0 Å². The third kappa shape index (κ3) is 3.52. The van der Waals surface area contributed by atoms with Crippen LogP contribution in [0.4, 0.5) is 5.69 Å². The number of nitrogens with zero attached hydrogens (tertiary/aromatic N) is 1. The van der Waals surface area contributed by atoms with Gasteiger partial charge in [0.05, 0.1) is 5.75 Å². The van der Waals surface area contributed by atoms with Crippen molar-refractivity contribution in [2.45, 2.75) is 24.5 Å². The van der Waals surface area contributed by atoms with E-state index in [2.05, 4.69) is 10.5 Å². The molecule has 0 saturated carbocycles. The summed E-state index contributed by atoms with van der Waals surface area (Å²) in [6.07, 6.45) is 1.67. The summed E-state index contributed by atoms with van der Waals surface area (Å²) >= 11 is 0. The minimum atomic E-state index is -3.37. The molecule has 1 fully saturated rings. The van der Waals surface area contributed by atoms with Crippen molar-refractivity contribution in [2.75, 3.05) is 11.1 Å². The van der Waals surface area contributed by atoms with E-state index in [1.807, 2.05) is 0 Å². The van der Waals surface area contributed by atoms with Gasteiger partial charge in [-0.1, -0.05) is 23.7 Å². The van der Waals surface area contributed by atoms with E-state index in [-0.39, 0.29) is 11.6 Å². The Morgan fingerprint density at radius 2 is 2.14 bits per heavy atom. The molecular formula is C13H17N3O4S. The van der Waals surface area contributed by atoms with Crippen molar-refractivity contribution in [3.05, 3.63) is 29.8 Å². The lowest BCUT2D eigenvalue weighted by Crippen LogP contribution is -2.39. The fraction of sp³-hybridized carbons (Fsp3) is 0.385. The first-order valence-corrected chi connectivity index (χ1v) is 8.26. The predicted molar refractivity (Wildman–Crippen MR) is 79.0 cm³/mol. The summed E-state index contributed by atoms with van der Waals surface area (Å²) in [4.78, 5) is 12.1. The number of benzene rings is 1. The lowest BCUT2D eigenvalue weighted by atomic mass is 10.1. The topological polar surface area (TPSA) is 122 Å². The second-order valence-electron chi connectivity index (χ2n) is 4.91. The van der Waals surface area contributed by atoms with Crippen LogP contribution in [0.15, 0.2) is 29.4 Å². The Kier molecular flexibility index (Phi) is 4.46. The van der Waals surface area contributed by atoms with Gasteiger partial charge < -0.3 is 16.3 Å². The molecule has 8 heteroatoms. The third-order valence-corrected chi connectivity index (χ3v) is 5.58. The molecule has 0 spiro atoms. The van der Waals surface area contributed by atoms with Gasteiger partial charge in [0.2, 0.25) is 5.91 Å². The highest BCUT2D eigenvalue weighted by Crippen LogP contribution is 2.21. The molecule has 1 aliphatic heterocycles. The van der Waals surface area contributed by atoms with E-state index >= 15 is 0 Å². The molecule has 4 N–H and O–H groups in total. The summed E-state index contributed by atoms with van der Waals surface area (Å²) in [5, 5.41) is 13.1. The van der Waals surface area contributed by atoms with E-state index in [9.17, 15) is 13.2 Å². The SMILES string of the molecule is N/C(=N/O)c1cccc(NC(=O)C2CCCCS2(=O)=O)c1. The number of sulfone groups is 1. The molecule has 0 bridgehead atoms. The zero-order chi connectivity index (χ0) is 15.5. The number of oxime groups is 1. The summed E-state index contributed by atoms with van der Waals surface area (Å²) in [5.74, 6) is -0.572. The average molecular weight is 311 g/mol. The van der Waals surface area contributed by atoms with E-state index in [0.717, 1.165) is 6.42 Å². The van der Waals surface area contributed by atoms with Gasteiger partial charge in [0.1, 0.15) is 5.25 Å². The Bertz CT molecular complexity index is 670. The van der Waals surface area contributed by atoms with Crippen molar-refractivity contribution in [3.8, 4) is 0 Å². The molecule has 21 heavy (non-hydrogen) atoms. The van der Waals surface area contributed by atoms with Crippen LogP contribution in [0.1, 0.15) is 24.8 Å². The molecule has 1 amide bonds. The molecule has 1 unspecified atom stereocenters. The predicted octanol–water partition coefficient (Wildman–Crippen LogP) is 0.687. The number of rotatable bonds is 3. The molecule has 0 aliphatic carbocycles. The number of anilines is 1. The first kappa shape index (κ1) is 15.3. The Morgan fingerprint density at radius 1 is 1.38 bits per heavy atom. The summed E-state index contributed by atoms with van der Waals surface area (Å²) < 4.78 is 23.8. The van der Waals surface area contributed by atoms with E-state index in [1.165, 1.54) is 6.07 Å². The van der Waals surface area contributed by atoms with Gasteiger partial charge in [-0.25, -0.2) is 8.42 Å². The van der Waals surface area contributed by atoms with Crippen LogP contribution >= 0.6 is 0 Å². The summed E-state index contributed by atoms with van der Waals surface area (Å²) in [7, 11) is -3.37. The molecule has 1 saturated heterocycles. The lowest BCUT2D eigenvalue weighted by Gasteiger charge is -2.21. The molecule has 114 valence electrons. The fourth-order valence-electron chi connectivity index (χ4n) is 2.29. The van der Waals surface area contributed by atoms with E-state index in [1.54, 1.807) is 18.2 Å². The van der Waals surface area contributed by atoms with Crippen molar-refractivity contribution in [1.29, 1.82) is 0 Å². The molecule has 0 aromatic heterocycles. The van der Waals surface area contributed by atoms with E-state index in [4.69, 9.17) is 10.9 Å². The Hall–Kier alpha value is -2.09. The number of amides is 1. The average Bonchev–Trinajstić information content (AvgIpc) is 2.46. The zero-order valence-electron chi connectivity index (χ0n) is 11.3. The Balaban J connectivity index is 2.16. The van der Waals surface area contributed by atoms with Crippen LogP contribution < -0.4 is 11.1 Å². The van der Waals surface area contributed by atoms with Gasteiger partial charge in [-0.2, -0.15) is 0 Å². The molecular weight excluding hydrogens is 294 g/mol. The highest BCUT2D eigenvalue weighted by atomic mass is 32.2. The fourth-order valence-corrected chi connectivity index (χ4v) is 4.09. The zero-order valence-corrected chi connectivity index (χ0v) is 12.1. The van der Waals surface area contributed by atoms with Crippen molar-refractivity contribution in [2.24, 2.45) is 10.9 Å². The van der Waals surface area contributed by atoms with E-state index in [0.29, 0.717) is 24.1 Å². The maximum absolute atomic E-state index is 12.1. The molecule has 0 radical (unpaired) electrons. The summed E-state index contributed by atoms with van der Waals surface area (Å²) in [6.45, 7) is 0. The maximum Gasteiger partial charge on any atom is 0.242 e. The highest BCUT2D eigenvalue weighted by molar-refractivity contribution is 7.92. The van der Waals surface area contributed by atoms with E-state index < -0.39 is 21.0 Å². The van der Waals surface area contributed by atoms with Crippen LogP contribution in [0, 0.1) is 0 Å². The highest BCUT2D eigenvalue weighted by Gasteiger charge is 2.34. The summed E-state index contributed by atoms with van der Waals surface area (Å²) in [5.41, 5.74) is 6.31. The van der Waals surface area contributed by atoms with Crippen LogP contribution in [-0.2, 0) is 14.6 Å². The number of nitrogens with one attached hydrogen (secondary N) is 1. The Morgan fingerprint density at radius 3 is 2.81 bits per heavy atom. The molecule has 7 nitrogen and oxygen atoms in total. The van der Waals surface area contributed by atoms with Gasteiger partial charge >= 0.3 is 0 Å².